The van der Waals surface area contributed by atoms with E-state index in [1.165, 1.54) is 17.0 Å². The van der Waals surface area contributed by atoms with Gasteiger partial charge in [0.05, 0.1) is 25.5 Å². The van der Waals surface area contributed by atoms with Crippen LogP contribution < -0.4 is 10.6 Å². The first-order chi connectivity index (χ1) is 19.0. The van der Waals surface area contributed by atoms with Gasteiger partial charge in [-0.2, -0.15) is 0 Å². The van der Waals surface area contributed by atoms with E-state index in [2.05, 4.69) is 37.3 Å². The Morgan fingerprint density at radius 2 is 1.95 bits per heavy atom. The Bertz CT molecular complexity index is 1630. The maximum absolute atomic E-state index is 12.6. The minimum Gasteiger partial charge on any atom is -0.390 e. The van der Waals surface area contributed by atoms with Crippen molar-refractivity contribution in [3.8, 4) is 11.3 Å². The van der Waals surface area contributed by atoms with Crippen molar-refractivity contribution in [2.24, 2.45) is 7.05 Å². The van der Waals surface area contributed by atoms with Crippen molar-refractivity contribution in [1.29, 1.82) is 0 Å². The number of nitrogens with zero attached hydrogens (tertiary/aromatic N) is 6. The highest BCUT2D eigenvalue weighted by Crippen LogP contribution is 2.29. The number of para-hydroxylation sites is 1. The molecule has 0 aliphatic rings. The number of nitro groups is 1. The maximum atomic E-state index is 12.6. The van der Waals surface area contributed by atoms with E-state index in [9.17, 15) is 14.9 Å². The lowest BCUT2D eigenvalue weighted by Gasteiger charge is -2.09. The number of aryl methyl sites for hydroxylation is 1. The number of aromatic nitrogens is 5. The molecule has 39 heavy (non-hydrogen) atoms. The molecule has 3 heterocycles. The van der Waals surface area contributed by atoms with E-state index in [0.717, 1.165) is 22.2 Å². The van der Waals surface area contributed by atoms with E-state index < -0.39 is 4.92 Å². The minimum absolute atomic E-state index is 0.230. The Hall–Kier alpha value is -5.10. The molecule has 0 fully saturated rings. The van der Waals surface area contributed by atoms with E-state index in [1.807, 2.05) is 37.5 Å². The molecule has 5 rings (SSSR count). The topological polar surface area (TPSA) is 142 Å². The number of hydrogen-bond acceptors (Lipinski definition) is 8. The van der Waals surface area contributed by atoms with Crippen LogP contribution in [-0.2, 0) is 18.3 Å². The fourth-order valence-electron chi connectivity index (χ4n) is 4.23. The van der Waals surface area contributed by atoms with Gasteiger partial charge in [0.15, 0.2) is 0 Å². The van der Waals surface area contributed by atoms with Gasteiger partial charge in [0.2, 0.25) is 5.95 Å². The number of nitrogens with one attached hydrogen (secondary N) is 2. The Balaban J connectivity index is 1.15. The molecule has 0 aliphatic heterocycles. The standard InChI is InChI=1S/C27H26N8O4/c1-33-18-22(21-7-2-3-8-24(21)33)23-9-10-29-26(32-23)31-20-6-4-5-19(17-20)25(36)28-12-15-39-16-14-34-13-11-30-27(34)35(37)38/h2-11,13,17-18H,12,14-16H2,1H3,(H,28,36)(H,29,31,32). The summed E-state index contributed by atoms with van der Waals surface area (Å²) in [7, 11) is 2.00. The third-order valence-electron chi connectivity index (χ3n) is 6.07. The molecule has 0 unspecified atom stereocenters. The summed E-state index contributed by atoms with van der Waals surface area (Å²) in [6.45, 7) is 1.10. The van der Waals surface area contributed by atoms with Gasteiger partial charge in [0.25, 0.3) is 5.91 Å². The van der Waals surface area contributed by atoms with E-state index in [1.54, 1.807) is 24.4 Å². The number of ether oxygens (including phenoxy) is 1. The zero-order valence-corrected chi connectivity index (χ0v) is 21.2. The van der Waals surface area contributed by atoms with Crippen molar-refractivity contribution in [3.63, 3.8) is 0 Å². The van der Waals surface area contributed by atoms with Gasteiger partial charge in [0.1, 0.15) is 12.4 Å². The first-order valence-electron chi connectivity index (χ1n) is 12.3. The van der Waals surface area contributed by atoms with Gasteiger partial charge in [-0.15, -0.1) is 0 Å². The smallest absolute Gasteiger partial charge is 0.390 e. The predicted octanol–water partition coefficient (Wildman–Crippen LogP) is 3.93. The molecular formula is C27H26N8O4. The predicted molar refractivity (Wildman–Crippen MR) is 146 cm³/mol. The molecule has 0 radical (unpaired) electrons. The molecule has 0 aliphatic carbocycles. The van der Waals surface area contributed by atoms with Crippen LogP contribution in [0.4, 0.5) is 17.6 Å². The quantitative estimate of drug-likeness (QED) is 0.150. The number of benzene rings is 2. The summed E-state index contributed by atoms with van der Waals surface area (Å²) in [5.41, 5.74) is 4.07. The van der Waals surface area contributed by atoms with Crippen LogP contribution in [0, 0.1) is 10.1 Å². The number of fused-ring (bicyclic) bond motifs is 1. The summed E-state index contributed by atoms with van der Waals surface area (Å²) in [6.07, 6.45) is 6.64. The molecule has 3 aromatic heterocycles. The van der Waals surface area contributed by atoms with Gasteiger partial charge < -0.3 is 30.1 Å². The number of imidazole rings is 1. The maximum Gasteiger partial charge on any atom is 0.434 e. The lowest BCUT2D eigenvalue weighted by atomic mass is 10.1. The van der Waals surface area contributed by atoms with E-state index in [0.29, 0.717) is 30.3 Å². The van der Waals surface area contributed by atoms with Crippen LogP contribution in [0.5, 0.6) is 0 Å². The van der Waals surface area contributed by atoms with Crippen LogP contribution in [-0.4, -0.2) is 54.7 Å². The largest absolute Gasteiger partial charge is 0.434 e. The second-order valence-corrected chi connectivity index (χ2v) is 8.69. The molecule has 0 bridgehead atoms. The monoisotopic (exact) mass is 526 g/mol. The molecule has 2 N–H and O–H groups in total. The molecule has 198 valence electrons. The molecular weight excluding hydrogens is 500 g/mol. The second kappa shape index (κ2) is 11.5. The van der Waals surface area contributed by atoms with Crippen molar-refractivity contribution in [1.82, 2.24) is 29.4 Å². The molecule has 12 heteroatoms. The lowest BCUT2D eigenvalue weighted by molar-refractivity contribution is -0.396. The summed E-state index contributed by atoms with van der Waals surface area (Å²) < 4.78 is 8.96. The normalized spacial score (nSPS) is 11.0. The van der Waals surface area contributed by atoms with Crippen LogP contribution in [0.15, 0.2) is 79.4 Å². The number of amides is 1. The van der Waals surface area contributed by atoms with E-state index in [4.69, 9.17) is 9.72 Å². The van der Waals surface area contributed by atoms with E-state index in [-0.39, 0.29) is 25.1 Å². The minimum atomic E-state index is -0.545. The van der Waals surface area contributed by atoms with E-state index >= 15 is 0 Å². The molecule has 0 atom stereocenters. The number of anilines is 2. The third kappa shape index (κ3) is 5.91. The Labute approximate surface area is 223 Å². The van der Waals surface area contributed by atoms with Crippen molar-refractivity contribution in [2.45, 2.75) is 6.54 Å². The van der Waals surface area contributed by atoms with Crippen LogP contribution in [0.2, 0.25) is 0 Å². The fraction of sp³-hybridized carbons (Fsp3) is 0.185. The van der Waals surface area contributed by atoms with Gasteiger partial charge in [-0.3, -0.25) is 4.79 Å². The number of rotatable bonds is 11. The van der Waals surface area contributed by atoms with Crippen molar-refractivity contribution in [2.75, 3.05) is 25.1 Å². The summed E-state index contributed by atoms with van der Waals surface area (Å²) in [6, 6.07) is 17.1. The van der Waals surface area contributed by atoms with Crippen LogP contribution in [0.1, 0.15) is 10.4 Å². The highest BCUT2D eigenvalue weighted by atomic mass is 16.6. The summed E-state index contributed by atoms with van der Waals surface area (Å²) >= 11 is 0. The molecule has 2 aromatic carbocycles. The van der Waals surface area contributed by atoms with Crippen LogP contribution in [0.3, 0.4) is 0 Å². The van der Waals surface area contributed by atoms with Crippen LogP contribution in [0.25, 0.3) is 22.2 Å². The summed E-state index contributed by atoms with van der Waals surface area (Å²) in [5, 5.41) is 18.0. The van der Waals surface area contributed by atoms with Crippen molar-refractivity contribution < 1.29 is 14.5 Å². The average molecular weight is 527 g/mol. The first kappa shape index (κ1) is 25.5. The van der Waals surface area contributed by atoms with Gasteiger partial charge in [0, 0.05) is 53.7 Å². The Morgan fingerprint density at radius 3 is 2.82 bits per heavy atom. The van der Waals surface area contributed by atoms with Crippen LogP contribution >= 0.6 is 0 Å². The Morgan fingerprint density at radius 1 is 1.08 bits per heavy atom. The van der Waals surface area contributed by atoms with Gasteiger partial charge in [-0.05, 0) is 35.3 Å². The number of hydrogen-bond donors (Lipinski definition) is 2. The molecule has 5 aromatic rings. The number of carbonyl (C=O) groups is 1. The number of carbonyl (C=O) groups excluding carboxylic acids is 1. The third-order valence-corrected chi connectivity index (χ3v) is 6.07. The molecule has 0 saturated carbocycles. The SMILES string of the molecule is Cn1cc(-c2ccnc(Nc3cccc(C(=O)NCCOCCn4ccnc4[N+](=O)[O-])c3)n2)c2ccccc21. The zero-order chi connectivity index (χ0) is 27.2. The van der Waals surface area contributed by atoms with Crippen molar-refractivity contribution in [3.05, 3.63) is 95.1 Å². The van der Waals surface area contributed by atoms with Gasteiger partial charge in [-0.25, -0.2) is 14.5 Å². The summed E-state index contributed by atoms with van der Waals surface area (Å²) in [5.74, 6) is -0.0616. The van der Waals surface area contributed by atoms with Gasteiger partial charge >= 0.3 is 5.95 Å². The lowest BCUT2D eigenvalue weighted by Crippen LogP contribution is -2.27. The molecule has 0 saturated heterocycles. The first-order valence-corrected chi connectivity index (χ1v) is 12.3. The molecule has 1 amide bonds. The highest BCUT2D eigenvalue weighted by molar-refractivity contribution is 5.96. The average Bonchev–Trinajstić information content (AvgIpc) is 3.56. The second-order valence-electron chi connectivity index (χ2n) is 8.69. The highest BCUT2D eigenvalue weighted by Gasteiger charge is 2.14. The molecule has 0 spiro atoms. The Kier molecular flexibility index (Phi) is 7.55. The van der Waals surface area contributed by atoms with Crippen molar-refractivity contribution >= 4 is 34.4 Å². The zero-order valence-electron chi connectivity index (χ0n) is 21.2. The van der Waals surface area contributed by atoms with Gasteiger partial charge in [-0.1, -0.05) is 29.2 Å². The molecule has 12 nitrogen and oxygen atoms in total. The fourth-order valence-corrected chi connectivity index (χ4v) is 4.23. The summed E-state index contributed by atoms with van der Waals surface area (Å²) in [4.78, 5) is 35.7.